The highest BCUT2D eigenvalue weighted by Crippen LogP contribution is 2.26. The molecule has 2 amide bonds. The zero-order valence-electron chi connectivity index (χ0n) is 14.1. The van der Waals surface area contributed by atoms with E-state index in [0.29, 0.717) is 22.3 Å². The molecule has 0 spiro atoms. The van der Waals surface area contributed by atoms with Crippen molar-refractivity contribution in [1.82, 2.24) is 10.2 Å². The third kappa shape index (κ3) is 5.36. The third-order valence-corrected chi connectivity index (χ3v) is 4.58. The van der Waals surface area contributed by atoms with Gasteiger partial charge in [-0.1, -0.05) is 30.9 Å². The number of nitrogens with zero attached hydrogens (tertiary/aromatic N) is 1. The number of carbonyl (C=O) groups excluding carboxylic acids is 2. The predicted molar refractivity (Wildman–Crippen MR) is 100 cm³/mol. The number of anilines is 1. The molecule has 5 nitrogen and oxygen atoms in total. The number of carbonyl (C=O) groups is 2. The maximum Gasteiger partial charge on any atom is 0.255 e. The molecule has 1 aromatic carbocycles. The molecule has 7 heteroatoms. The fraction of sp³-hybridized carbons (Fsp3) is 0.529. The highest BCUT2D eigenvalue weighted by Gasteiger charge is 2.24. The quantitative estimate of drug-likeness (QED) is 0.831. The van der Waals surface area contributed by atoms with Crippen molar-refractivity contribution in [3.63, 3.8) is 0 Å². The predicted octanol–water partition coefficient (Wildman–Crippen LogP) is 3.32. The molecule has 1 aliphatic carbocycles. The molecule has 134 valence electrons. The van der Waals surface area contributed by atoms with E-state index in [9.17, 15) is 9.59 Å². The summed E-state index contributed by atoms with van der Waals surface area (Å²) in [4.78, 5) is 26.0. The van der Waals surface area contributed by atoms with Gasteiger partial charge in [-0.3, -0.25) is 9.59 Å². The third-order valence-electron chi connectivity index (χ3n) is 4.26. The number of nitrogens with one attached hydrogen (secondary N) is 2. The molecule has 0 aliphatic heterocycles. The minimum Gasteiger partial charge on any atom is -0.339 e. The number of benzene rings is 1. The number of likely N-dealkylation sites (N-methyl/N-ethyl adjacent to an activating group) is 1. The topological polar surface area (TPSA) is 61.4 Å². The summed E-state index contributed by atoms with van der Waals surface area (Å²) in [6.07, 6.45) is 5.70. The van der Waals surface area contributed by atoms with Crippen LogP contribution >= 0.6 is 24.0 Å². The van der Waals surface area contributed by atoms with Gasteiger partial charge < -0.3 is 15.5 Å². The Labute approximate surface area is 154 Å². The Morgan fingerprint density at radius 1 is 1.25 bits per heavy atom. The standard InChI is InChI=1S/C17H24ClN3O2.ClH/c1-19-11-16(22)20-12-8-9-14(15(18)10-12)17(23)21(2)13-6-4-3-5-7-13;/h8-10,13,19H,3-7,11H2,1-2H3,(H,20,22);1H. The number of hydrogen-bond acceptors (Lipinski definition) is 3. The van der Waals surface area contributed by atoms with Crippen molar-refractivity contribution in [1.29, 1.82) is 0 Å². The fourth-order valence-electron chi connectivity index (χ4n) is 2.96. The van der Waals surface area contributed by atoms with Gasteiger partial charge in [0.15, 0.2) is 0 Å². The van der Waals surface area contributed by atoms with Gasteiger partial charge in [0.2, 0.25) is 5.91 Å². The van der Waals surface area contributed by atoms with Crippen molar-refractivity contribution in [3.05, 3.63) is 28.8 Å². The van der Waals surface area contributed by atoms with Crippen molar-refractivity contribution in [2.45, 2.75) is 38.1 Å². The Bertz CT molecular complexity index is 575. The van der Waals surface area contributed by atoms with Crippen LogP contribution in [0.25, 0.3) is 0 Å². The molecule has 2 N–H and O–H groups in total. The van der Waals surface area contributed by atoms with E-state index in [0.717, 1.165) is 12.8 Å². The van der Waals surface area contributed by atoms with Crippen LogP contribution in [0.3, 0.4) is 0 Å². The second-order valence-corrected chi connectivity index (χ2v) is 6.39. The monoisotopic (exact) mass is 373 g/mol. The van der Waals surface area contributed by atoms with Gasteiger partial charge in [0.1, 0.15) is 0 Å². The Morgan fingerprint density at radius 2 is 1.92 bits per heavy atom. The summed E-state index contributed by atoms with van der Waals surface area (Å²) in [5, 5.41) is 5.87. The van der Waals surface area contributed by atoms with E-state index in [4.69, 9.17) is 11.6 Å². The molecule has 1 fully saturated rings. The van der Waals surface area contributed by atoms with Gasteiger partial charge in [-0.25, -0.2) is 0 Å². The Morgan fingerprint density at radius 3 is 2.50 bits per heavy atom. The summed E-state index contributed by atoms with van der Waals surface area (Å²) >= 11 is 6.25. The molecule has 1 aliphatic rings. The first-order valence-corrected chi connectivity index (χ1v) is 8.42. The molecule has 1 saturated carbocycles. The summed E-state index contributed by atoms with van der Waals surface area (Å²) < 4.78 is 0. The second kappa shape index (κ2) is 9.87. The maximum absolute atomic E-state index is 12.6. The second-order valence-electron chi connectivity index (χ2n) is 5.98. The average molecular weight is 374 g/mol. The summed E-state index contributed by atoms with van der Waals surface area (Å²) in [5.74, 6) is -0.211. The van der Waals surface area contributed by atoms with E-state index in [1.165, 1.54) is 19.3 Å². The van der Waals surface area contributed by atoms with Crippen molar-refractivity contribution in [2.75, 3.05) is 26.0 Å². The van der Waals surface area contributed by atoms with Gasteiger partial charge in [0.05, 0.1) is 17.1 Å². The molecule has 0 unspecified atom stereocenters. The zero-order valence-corrected chi connectivity index (χ0v) is 15.7. The van der Waals surface area contributed by atoms with E-state index in [1.54, 1.807) is 30.1 Å². The SMILES string of the molecule is CNCC(=O)Nc1ccc(C(=O)N(C)C2CCCCC2)c(Cl)c1.Cl. The molecule has 1 aromatic rings. The Balaban J connectivity index is 0.00000288. The lowest BCUT2D eigenvalue weighted by Crippen LogP contribution is -2.38. The van der Waals surface area contributed by atoms with Gasteiger partial charge in [-0.2, -0.15) is 0 Å². The maximum atomic E-state index is 12.6. The van der Waals surface area contributed by atoms with Crippen molar-refractivity contribution < 1.29 is 9.59 Å². The van der Waals surface area contributed by atoms with Gasteiger partial charge in [-0.05, 0) is 38.1 Å². The van der Waals surface area contributed by atoms with Crippen molar-refractivity contribution in [3.8, 4) is 0 Å². The van der Waals surface area contributed by atoms with E-state index in [-0.39, 0.29) is 30.8 Å². The van der Waals surface area contributed by atoms with Crippen LogP contribution in [0.2, 0.25) is 5.02 Å². The molecule has 0 radical (unpaired) electrons. The van der Waals surface area contributed by atoms with Crippen LogP contribution in [0, 0.1) is 0 Å². The van der Waals surface area contributed by atoms with Crippen LogP contribution in [-0.2, 0) is 4.79 Å². The molecular weight excluding hydrogens is 349 g/mol. The molecule has 0 heterocycles. The summed E-state index contributed by atoms with van der Waals surface area (Å²) in [6.45, 7) is 0.225. The number of amides is 2. The average Bonchev–Trinajstić information content (AvgIpc) is 2.54. The zero-order chi connectivity index (χ0) is 16.8. The highest BCUT2D eigenvalue weighted by molar-refractivity contribution is 6.34. The van der Waals surface area contributed by atoms with Gasteiger partial charge in [0.25, 0.3) is 5.91 Å². The summed E-state index contributed by atoms with van der Waals surface area (Å²) in [7, 11) is 3.55. The molecular formula is C17H25Cl2N3O2. The lowest BCUT2D eigenvalue weighted by atomic mass is 9.94. The Kier molecular flexibility index (Phi) is 8.53. The molecule has 0 aromatic heterocycles. The first kappa shape index (κ1) is 20.7. The van der Waals surface area contributed by atoms with Gasteiger partial charge >= 0.3 is 0 Å². The summed E-state index contributed by atoms with van der Waals surface area (Å²) in [5.41, 5.74) is 1.07. The number of halogens is 2. The minimum atomic E-state index is -0.151. The first-order valence-electron chi connectivity index (χ1n) is 8.04. The molecule has 2 rings (SSSR count). The molecule has 24 heavy (non-hydrogen) atoms. The lowest BCUT2D eigenvalue weighted by molar-refractivity contribution is -0.115. The highest BCUT2D eigenvalue weighted by atomic mass is 35.5. The van der Waals surface area contributed by atoms with Crippen LogP contribution in [0.5, 0.6) is 0 Å². The van der Waals surface area contributed by atoms with Gasteiger partial charge in [0, 0.05) is 18.8 Å². The molecule has 0 atom stereocenters. The van der Waals surface area contributed by atoms with E-state index in [1.807, 2.05) is 7.05 Å². The summed E-state index contributed by atoms with van der Waals surface area (Å²) in [6, 6.07) is 5.31. The van der Waals surface area contributed by atoms with Crippen LogP contribution in [0.4, 0.5) is 5.69 Å². The number of rotatable bonds is 5. The van der Waals surface area contributed by atoms with E-state index in [2.05, 4.69) is 10.6 Å². The Hall–Kier alpha value is -1.30. The lowest BCUT2D eigenvalue weighted by Gasteiger charge is -2.31. The largest absolute Gasteiger partial charge is 0.339 e. The molecule has 0 saturated heterocycles. The van der Waals surface area contributed by atoms with Crippen molar-refractivity contribution >= 4 is 41.5 Å². The van der Waals surface area contributed by atoms with Crippen LogP contribution in [0.15, 0.2) is 18.2 Å². The smallest absolute Gasteiger partial charge is 0.255 e. The van der Waals surface area contributed by atoms with Gasteiger partial charge in [-0.15, -0.1) is 12.4 Å². The first-order chi connectivity index (χ1) is 11.0. The molecule has 0 bridgehead atoms. The van der Waals surface area contributed by atoms with E-state index < -0.39 is 0 Å². The van der Waals surface area contributed by atoms with Crippen LogP contribution in [-0.4, -0.2) is 43.4 Å². The van der Waals surface area contributed by atoms with Crippen molar-refractivity contribution in [2.24, 2.45) is 0 Å². The fourth-order valence-corrected chi connectivity index (χ4v) is 3.22. The van der Waals surface area contributed by atoms with E-state index >= 15 is 0 Å². The minimum absolute atomic E-state index is 0. The van der Waals surface area contributed by atoms with Crippen LogP contribution < -0.4 is 10.6 Å². The van der Waals surface area contributed by atoms with Crippen LogP contribution in [0.1, 0.15) is 42.5 Å². The normalized spacial score (nSPS) is 14.6. The number of hydrogen-bond donors (Lipinski definition) is 2.